The van der Waals surface area contributed by atoms with Gasteiger partial charge in [-0.25, -0.2) is 0 Å². The molecule has 2 fully saturated rings. The second kappa shape index (κ2) is 9.07. The van der Waals surface area contributed by atoms with Gasteiger partial charge in [0.05, 0.1) is 0 Å². The van der Waals surface area contributed by atoms with Gasteiger partial charge in [0, 0.05) is 0 Å². The third kappa shape index (κ3) is 4.64. The van der Waals surface area contributed by atoms with Crippen molar-refractivity contribution in [2.75, 3.05) is 0 Å². The van der Waals surface area contributed by atoms with Crippen LogP contribution in [-0.2, 0) is 6.42 Å². The molecule has 0 N–H and O–H groups in total. The maximum Gasteiger partial charge on any atom is -0.0159 e. The van der Waals surface area contributed by atoms with Gasteiger partial charge in [0.15, 0.2) is 0 Å². The van der Waals surface area contributed by atoms with E-state index in [0.29, 0.717) is 0 Å². The lowest BCUT2D eigenvalue weighted by Gasteiger charge is -2.42. The fourth-order valence-electron chi connectivity index (χ4n) is 5.48. The SMILES string of the molecule is CCCCC[C@H]1CC[C@@H]2C[C@H](c3ccc(CCC)cc3)CC[C@H]2C1. The maximum atomic E-state index is 2.44. The molecule has 0 amide bonds. The van der Waals surface area contributed by atoms with Gasteiger partial charge < -0.3 is 0 Å². The summed E-state index contributed by atoms with van der Waals surface area (Å²) >= 11 is 0. The zero-order valence-corrected chi connectivity index (χ0v) is 16.1. The van der Waals surface area contributed by atoms with E-state index in [-0.39, 0.29) is 0 Å². The van der Waals surface area contributed by atoms with E-state index < -0.39 is 0 Å². The molecule has 4 atom stereocenters. The third-order valence-electron chi connectivity index (χ3n) is 6.93. The lowest BCUT2D eigenvalue weighted by Crippen LogP contribution is -2.30. The van der Waals surface area contributed by atoms with Crippen molar-refractivity contribution in [3.63, 3.8) is 0 Å². The van der Waals surface area contributed by atoms with Crippen molar-refractivity contribution in [1.29, 1.82) is 0 Å². The van der Waals surface area contributed by atoms with Gasteiger partial charge in [0.25, 0.3) is 0 Å². The smallest absolute Gasteiger partial charge is 0.0159 e. The summed E-state index contributed by atoms with van der Waals surface area (Å²) in [5.41, 5.74) is 3.14. The topological polar surface area (TPSA) is 0 Å². The molecule has 0 nitrogen and oxygen atoms in total. The molecule has 0 aromatic heterocycles. The summed E-state index contributed by atoms with van der Waals surface area (Å²) in [4.78, 5) is 0. The van der Waals surface area contributed by atoms with Crippen LogP contribution in [0.3, 0.4) is 0 Å². The summed E-state index contributed by atoms with van der Waals surface area (Å²) in [6, 6.07) is 9.64. The van der Waals surface area contributed by atoms with E-state index >= 15 is 0 Å². The fraction of sp³-hybridized carbons (Fsp3) is 0.750. The molecule has 2 saturated carbocycles. The third-order valence-corrected chi connectivity index (χ3v) is 6.93. The van der Waals surface area contributed by atoms with Gasteiger partial charge in [-0.05, 0) is 73.3 Å². The van der Waals surface area contributed by atoms with E-state index in [1.807, 2.05) is 0 Å². The zero-order valence-electron chi connectivity index (χ0n) is 16.1. The zero-order chi connectivity index (χ0) is 16.8. The minimum absolute atomic E-state index is 0.846. The van der Waals surface area contributed by atoms with E-state index in [1.54, 1.807) is 12.0 Å². The monoisotopic (exact) mass is 326 g/mol. The molecule has 0 aliphatic heterocycles. The van der Waals surface area contributed by atoms with Gasteiger partial charge >= 0.3 is 0 Å². The normalized spacial score (nSPS) is 30.1. The first-order valence-electron chi connectivity index (χ1n) is 10.9. The molecule has 1 aromatic rings. The molecule has 1 aromatic carbocycles. The quantitative estimate of drug-likeness (QED) is 0.454. The average molecular weight is 327 g/mol. The van der Waals surface area contributed by atoms with Crippen LogP contribution in [0.25, 0.3) is 0 Å². The maximum absolute atomic E-state index is 2.44. The highest BCUT2D eigenvalue weighted by Crippen LogP contribution is 2.48. The Kier molecular flexibility index (Phi) is 6.81. The first-order valence-corrected chi connectivity index (χ1v) is 10.9. The second-order valence-electron chi connectivity index (χ2n) is 8.70. The Morgan fingerprint density at radius 2 is 1.54 bits per heavy atom. The van der Waals surface area contributed by atoms with Crippen LogP contribution in [0.4, 0.5) is 0 Å². The summed E-state index contributed by atoms with van der Waals surface area (Å²) in [5.74, 6) is 3.99. The van der Waals surface area contributed by atoms with Gasteiger partial charge in [-0.2, -0.15) is 0 Å². The van der Waals surface area contributed by atoms with Crippen molar-refractivity contribution in [2.45, 2.75) is 96.8 Å². The molecule has 0 heterocycles. The molecule has 24 heavy (non-hydrogen) atoms. The van der Waals surface area contributed by atoms with E-state index in [2.05, 4.69) is 38.1 Å². The minimum Gasteiger partial charge on any atom is -0.0654 e. The molecule has 3 rings (SSSR count). The number of hydrogen-bond acceptors (Lipinski definition) is 0. The van der Waals surface area contributed by atoms with Crippen LogP contribution in [-0.4, -0.2) is 0 Å². The molecule has 0 heteroatoms. The van der Waals surface area contributed by atoms with Crippen molar-refractivity contribution in [3.8, 4) is 0 Å². The van der Waals surface area contributed by atoms with Crippen molar-refractivity contribution >= 4 is 0 Å². The van der Waals surface area contributed by atoms with Gasteiger partial charge in [-0.3, -0.25) is 0 Å². The first-order chi connectivity index (χ1) is 11.8. The Bertz CT molecular complexity index is 471. The number of benzene rings is 1. The molecule has 0 bridgehead atoms. The van der Waals surface area contributed by atoms with Gasteiger partial charge in [-0.15, -0.1) is 0 Å². The Morgan fingerprint density at radius 3 is 2.29 bits per heavy atom. The highest BCUT2D eigenvalue weighted by atomic mass is 14.4. The van der Waals surface area contributed by atoms with Crippen LogP contribution < -0.4 is 0 Å². The number of hydrogen-bond donors (Lipinski definition) is 0. The van der Waals surface area contributed by atoms with Crippen LogP contribution in [0.2, 0.25) is 0 Å². The molecule has 0 spiro atoms. The Hall–Kier alpha value is -0.780. The van der Waals surface area contributed by atoms with Gasteiger partial charge in [0.2, 0.25) is 0 Å². The summed E-state index contributed by atoms with van der Waals surface area (Å²) in [5, 5.41) is 0. The van der Waals surface area contributed by atoms with Gasteiger partial charge in [0.1, 0.15) is 0 Å². The number of fused-ring (bicyclic) bond motifs is 1. The fourth-order valence-corrected chi connectivity index (χ4v) is 5.48. The Balaban J connectivity index is 1.50. The predicted molar refractivity (Wildman–Crippen MR) is 105 cm³/mol. The molecule has 0 unspecified atom stereocenters. The number of aryl methyl sites for hydroxylation is 1. The molecule has 0 saturated heterocycles. The molecular weight excluding hydrogens is 288 g/mol. The van der Waals surface area contributed by atoms with Crippen molar-refractivity contribution < 1.29 is 0 Å². The molecule has 0 radical (unpaired) electrons. The highest BCUT2D eigenvalue weighted by molar-refractivity contribution is 5.26. The number of rotatable bonds is 7. The lowest BCUT2D eigenvalue weighted by molar-refractivity contribution is 0.113. The van der Waals surface area contributed by atoms with Crippen LogP contribution >= 0.6 is 0 Å². The summed E-state index contributed by atoms with van der Waals surface area (Å²) in [7, 11) is 0. The van der Waals surface area contributed by atoms with Crippen LogP contribution in [0.15, 0.2) is 24.3 Å². The van der Waals surface area contributed by atoms with Crippen LogP contribution in [0.1, 0.15) is 102 Å². The summed E-state index contributed by atoms with van der Waals surface area (Å²) in [6.45, 7) is 4.60. The van der Waals surface area contributed by atoms with E-state index in [1.165, 1.54) is 76.2 Å². The Morgan fingerprint density at radius 1 is 0.792 bits per heavy atom. The highest BCUT2D eigenvalue weighted by Gasteiger charge is 2.35. The van der Waals surface area contributed by atoms with Crippen LogP contribution in [0.5, 0.6) is 0 Å². The van der Waals surface area contributed by atoms with Crippen molar-refractivity contribution in [2.24, 2.45) is 17.8 Å². The van der Waals surface area contributed by atoms with E-state index in [9.17, 15) is 0 Å². The predicted octanol–water partition coefficient (Wildman–Crippen LogP) is 7.52. The van der Waals surface area contributed by atoms with E-state index in [4.69, 9.17) is 0 Å². The van der Waals surface area contributed by atoms with E-state index in [0.717, 1.165) is 23.7 Å². The first kappa shape index (κ1) is 18.0. The second-order valence-corrected chi connectivity index (χ2v) is 8.70. The average Bonchev–Trinajstić information content (AvgIpc) is 2.62. The van der Waals surface area contributed by atoms with Gasteiger partial charge in [-0.1, -0.05) is 76.6 Å². The standard InChI is InChI=1S/C24H38/c1-3-5-6-8-20-11-14-24-18-23(16-15-22(24)17-20)21-12-9-19(7-4-2)10-13-21/h9-10,12-13,20,22-24H,3-8,11,14-18H2,1-2H3/t20-,22-,23+,24+/m0/s1. The summed E-state index contributed by atoms with van der Waals surface area (Å²) in [6.07, 6.45) is 17.3. The number of unbranched alkanes of at least 4 members (excludes halogenated alkanes) is 2. The van der Waals surface area contributed by atoms with Crippen LogP contribution in [0, 0.1) is 17.8 Å². The largest absolute Gasteiger partial charge is 0.0654 e. The molecule has 2 aliphatic rings. The summed E-state index contributed by atoms with van der Waals surface area (Å²) < 4.78 is 0. The van der Waals surface area contributed by atoms with Crippen molar-refractivity contribution in [3.05, 3.63) is 35.4 Å². The Labute approximate surface area is 150 Å². The van der Waals surface area contributed by atoms with Crippen molar-refractivity contribution in [1.82, 2.24) is 0 Å². The lowest BCUT2D eigenvalue weighted by atomic mass is 9.63. The molecule has 134 valence electrons. The molecule has 2 aliphatic carbocycles. The molecular formula is C24H38. The minimum atomic E-state index is 0.846.